The SMILES string of the molecule is CC(N1CC2NCCOC2C1)C(C)(C)C(=O)O. The second-order valence-electron chi connectivity index (χ2n) is 5.63. The quantitative estimate of drug-likeness (QED) is 0.738. The van der Waals surface area contributed by atoms with Gasteiger partial charge in [0, 0.05) is 31.7 Å². The van der Waals surface area contributed by atoms with Crippen LogP contribution in [0.25, 0.3) is 0 Å². The zero-order chi connectivity index (χ0) is 12.6. The molecule has 5 nitrogen and oxygen atoms in total. The number of rotatable bonds is 3. The highest BCUT2D eigenvalue weighted by molar-refractivity contribution is 5.74. The van der Waals surface area contributed by atoms with Gasteiger partial charge in [0.25, 0.3) is 0 Å². The van der Waals surface area contributed by atoms with Crippen LogP contribution in [0.5, 0.6) is 0 Å². The number of hydrogen-bond acceptors (Lipinski definition) is 4. The van der Waals surface area contributed by atoms with Crippen molar-refractivity contribution in [2.24, 2.45) is 5.41 Å². The average molecular weight is 242 g/mol. The highest BCUT2D eigenvalue weighted by Gasteiger charge is 2.43. The molecule has 0 aromatic rings. The van der Waals surface area contributed by atoms with Gasteiger partial charge in [0.2, 0.25) is 0 Å². The normalized spacial score (nSPS) is 32.2. The Morgan fingerprint density at radius 2 is 2.24 bits per heavy atom. The lowest BCUT2D eigenvalue weighted by atomic mass is 9.85. The Morgan fingerprint density at radius 3 is 2.82 bits per heavy atom. The Morgan fingerprint density at radius 1 is 1.53 bits per heavy atom. The summed E-state index contributed by atoms with van der Waals surface area (Å²) in [6.07, 6.45) is 0.218. The maximum absolute atomic E-state index is 11.3. The number of morpholine rings is 1. The molecule has 2 aliphatic heterocycles. The van der Waals surface area contributed by atoms with Crippen LogP contribution in [0.15, 0.2) is 0 Å². The topological polar surface area (TPSA) is 61.8 Å². The van der Waals surface area contributed by atoms with Crippen molar-refractivity contribution in [2.75, 3.05) is 26.2 Å². The minimum Gasteiger partial charge on any atom is -0.481 e. The maximum Gasteiger partial charge on any atom is 0.310 e. The number of nitrogens with zero attached hydrogens (tertiary/aromatic N) is 1. The van der Waals surface area contributed by atoms with E-state index in [1.54, 1.807) is 13.8 Å². The molecule has 0 aromatic carbocycles. The predicted octanol–water partition coefficient (Wildman–Crippen LogP) is 0.158. The minimum atomic E-state index is -0.742. The van der Waals surface area contributed by atoms with Gasteiger partial charge < -0.3 is 15.2 Å². The van der Waals surface area contributed by atoms with Crippen LogP contribution < -0.4 is 5.32 Å². The van der Waals surface area contributed by atoms with E-state index in [1.807, 2.05) is 6.92 Å². The summed E-state index contributed by atoms with van der Waals surface area (Å²) in [6, 6.07) is 0.367. The molecule has 0 spiro atoms. The Hall–Kier alpha value is -0.650. The van der Waals surface area contributed by atoms with Crippen LogP contribution in [0.3, 0.4) is 0 Å². The van der Waals surface area contributed by atoms with Gasteiger partial charge in [-0.25, -0.2) is 0 Å². The van der Waals surface area contributed by atoms with Crippen LogP contribution in [0, 0.1) is 5.41 Å². The van der Waals surface area contributed by atoms with E-state index in [9.17, 15) is 9.90 Å². The minimum absolute atomic E-state index is 0.0102. The highest BCUT2D eigenvalue weighted by atomic mass is 16.5. The summed E-state index contributed by atoms with van der Waals surface area (Å²) in [4.78, 5) is 13.5. The molecule has 98 valence electrons. The van der Waals surface area contributed by atoms with Gasteiger partial charge in [0.05, 0.1) is 18.1 Å². The molecule has 0 radical (unpaired) electrons. The summed E-state index contributed by atoms with van der Waals surface area (Å²) in [5.74, 6) is -0.742. The van der Waals surface area contributed by atoms with E-state index in [0.717, 1.165) is 26.2 Å². The van der Waals surface area contributed by atoms with Crippen molar-refractivity contribution in [1.29, 1.82) is 0 Å². The van der Waals surface area contributed by atoms with E-state index < -0.39 is 11.4 Å². The average Bonchev–Trinajstić information content (AvgIpc) is 2.70. The molecule has 2 saturated heterocycles. The number of fused-ring (bicyclic) bond motifs is 1. The zero-order valence-electron chi connectivity index (χ0n) is 10.8. The molecule has 2 fully saturated rings. The Labute approximate surface area is 102 Å². The zero-order valence-corrected chi connectivity index (χ0v) is 10.8. The second-order valence-corrected chi connectivity index (χ2v) is 5.63. The molecule has 3 atom stereocenters. The molecule has 2 N–H and O–H groups in total. The number of ether oxygens (including phenoxy) is 1. The first-order valence-electron chi connectivity index (χ1n) is 6.25. The van der Waals surface area contributed by atoms with Gasteiger partial charge in [-0.2, -0.15) is 0 Å². The second kappa shape index (κ2) is 4.55. The van der Waals surface area contributed by atoms with Crippen LogP contribution in [-0.2, 0) is 9.53 Å². The fraction of sp³-hybridized carbons (Fsp3) is 0.917. The number of carbonyl (C=O) groups is 1. The lowest BCUT2D eigenvalue weighted by Gasteiger charge is -2.34. The fourth-order valence-electron chi connectivity index (χ4n) is 2.57. The van der Waals surface area contributed by atoms with Gasteiger partial charge in [0.1, 0.15) is 0 Å². The lowest BCUT2D eigenvalue weighted by Crippen LogP contribution is -2.48. The third kappa shape index (κ3) is 2.32. The molecule has 2 aliphatic rings. The Balaban J connectivity index is 2.02. The number of carboxylic acid groups (broad SMARTS) is 1. The molecule has 0 aliphatic carbocycles. The predicted molar refractivity (Wildman–Crippen MR) is 64.0 cm³/mol. The van der Waals surface area contributed by atoms with Crippen molar-refractivity contribution >= 4 is 5.97 Å². The van der Waals surface area contributed by atoms with E-state index in [2.05, 4.69) is 10.2 Å². The van der Waals surface area contributed by atoms with Gasteiger partial charge >= 0.3 is 5.97 Å². The van der Waals surface area contributed by atoms with E-state index in [-0.39, 0.29) is 12.1 Å². The number of nitrogens with one attached hydrogen (secondary N) is 1. The molecule has 0 saturated carbocycles. The first-order chi connectivity index (χ1) is 7.93. The summed E-state index contributed by atoms with van der Waals surface area (Å²) >= 11 is 0. The molecule has 0 bridgehead atoms. The summed E-state index contributed by atoms with van der Waals surface area (Å²) < 4.78 is 5.70. The molecule has 3 unspecified atom stereocenters. The smallest absolute Gasteiger partial charge is 0.310 e. The molecular weight excluding hydrogens is 220 g/mol. The van der Waals surface area contributed by atoms with Crippen LogP contribution >= 0.6 is 0 Å². The van der Waals surface area contributed by atoms with Gasteiger partial charge in [-0.15, -0.1) is 0 Å². The van der Waals surface area contributed by atoms with Crippen LogP contribution in [0.2, 0.25) is 0 Å². The van der Waals surface area contributed by atoms with E-state index in [4.69, 9.17) is 4.74 Å². The highest BCUT2D eigenvalue weighted by Crippen LogP contribution is 2.29. The van der Waals surface area contributed by atoms with Crippen LogP contribution in [-0.4, -0.2) is 60.4 Å². The van der Waals surface area contributed by atoms with Crippen molar-refractivity contribution in [2.45, 2.75) is 39.0 Å². The number of hydrogen-bond donors (Lipinski definition) is 2. The van der Waals surface area contributed by atoms with E-state index in [1.165, 1.54) is 0 Å². The molecule has 5 heteroatoms. The van der Waals surface area contributed by atoms with Crippen molar-refractivity contribution < 1.29 is 14.6 Å². The van der Waals surface area contributed by atoms with Crippen LogP contribution in [0.4, 0.5) is 0 Å². The number of carboxylic acids is 1. The van der Waals surface area contributed by atoms with Crippen molar-refractivity contribution in [3.8, 4) is 0 Å². The number of aliphatic carboxylic acids is 1. The number of likely N-dealkylation sites (tertiary alicyclic amines) is 1. The standard InChI is InChI=1S/C12H22N2O3/c1-8(12(2,3)11(15)16)14-6-9-10(7-14)17-5-4-13-9/h8-10,13H,4-7H2,1-3H3,(H,15,16). The summed E-state index contributed by atoms with van der Waals surface area (Å²) in [5.41, 5.74) is -0.729. The third-order valence-electron chi connectivity index (χ3n) is 4.28. The van der Waals surface area contributed by atoms with Crippen molar-refractivity contribution in [3.05, 3.63) is 0 Å². The molecular formula is C12H22N2O3. The first-order valence-corrected chi connectivity index (χ1v) is 6.25. The molecule has 2 rings (SSSR count). The fourth-order valence-corrected chi connectivity index (χ4v) is 2.57. The van der Waals surface area contributed by atoms with Gasteiger partial charge in [-0.3, -0.25) is 9.69 Å². The summed E-state index contributed by atoms with van der Waals surface area (Å²) in [5, 5.41) is 12.7. The van der Waals surface area contributed by atoms with Crippen molar-refractivity contribution in [3.63, 3.8) is 0 Å². The van der Waals surface area contributed by atoms with Gasteiger partial charge in [0.15, 0.2) is 0 Å². The molecule has 2 heterocycles. The molecule has 0 aromatic heterocycles. The van der Waals surface area contributed by atoms with Crippen LogP contribution in [0.1, 0.15) is 20.8 Å². The van der Waals surface area contributed by atoms with E-state index >= 15 is 0 Å². The largest absolute Gasteiger partial charge is 0.481 e. The summed E-state index contributed by atoms with van der Waals surface area (Å²) in [6.45, 7) is 8.92. The van der Waals surface area contributed by atoms with Gasteiger partial charge in [-0.05, 0) is 20.8 Å². The molecule has 17 heavy (non-hydrogen) atoms. The maximum atomic E-state index is 11.3. The third-order valence-corrected chi connectivity index (χ3v) is 4.28. The summed E-state index contributed by atoms with van der Waals surface area (Å²) in [7, 11) is 0. The lowest BCUT2D eigenvalue weighted by molar-refractivity contribution is -0.150. The van der Waals surface area contributed by atoms with Gasteiger partial charge in [-0.1, -0.05) is 0 Å². The molecule has 0 amide bonds. The first kappa shape index (κ1) is 12.8. The van der Waals surface area contributed by atoms with E-state index in [0.29, 0.717) is 6.04 Å². The van der Waals surface area contributed by atoms with Crippen molar-refractivity contribution in [1.82, 2.24) is 10.2 Å². The Bertz CT molecular complexity index is 292. The monoisotopic (exact) mass is 242 g/mol. The Kier molecular flexibility index (Phi) is 3.43.